The molecule has 1 nitrogen and oxygen atoms in total. The van der Waals surface area contributed by atoms with E-state index in [1.807, 2.05) is 0 Å². The molecule has 1 saturated carbocycles. The van der Waals surface area contributed by atoms with Gasteiger partial charge in [-0.1, -0.05) is 31.4 Å². The third-order valence-electron chi connectivity index (χ3n) is 4.52. The first-order valence-corrected chi connectivity index (χ1v) is 9.56. The summed E-state index contributed by atoms with van der Waals surface area (Å²) >= 11 is 0. The van der Waals surface area contributed by atoms with Crippen molar-refractivity contribution < 1.29 is 0 Å². The molecule has 1 fully saturated rings. The van der Waals surface area contributed by atoms with Crippen molar-refractivity contribution in [2.45, 2.75) is 65.2 Å². The van der Waals surface area contributed by atoms with Crippen molar-refractivity contribution in [1.29, 1.82) is 0 Å². The Balaban J connectivity index is 2.30. The fraction of sp³-hybridized carbons (Fsp3) is 0.667. The van der Waals surface area contributed by atoms with Crippen LogP contribution in [0.4, 0.5) is 0 Å². The number of hydrogen-bond donors (Lipinski definition) is 0. The second kappa shape index (κ2) is 7.99. The Morgan fingerprint density at radius 3 is 2.50 bits per heavy atom. The van der Waals surface area contributed by atoms with E-state index in [1.165, 1.54) is 32.1 Å². The topological polar surface area (TPSA) is 3.24 Å². The lowest BCUT2D eigenvalue weighted by Crippen LogP contribution is -2.21. The fourth-order valence-corrected chi connectivity index (χ4v) is 5.61. The molecule has 0 saturated heterocycles. The number of hydrogen-bond acceptors (Lipinski definition) is 1. The normalized spacial score (nSPS) is 18.3. The van der Waals surface area contributed by atoms with Crippen LogP contribution in [-0.2, 0) is 6.42 Å². The van der Waals surface area contributed by atoms with Crippen molar-refractivity contribution in [3.8, 4) is 0 Å². The smallest absolute Gasteiger partial charge is 0.106 e. The molecule has 0 amide bonds. The Morgan fingerprint density at radius 1 is 1.20 bits per heavy atom. The van der Waals surface area contributed by atoms with Crippen molar-refractivity contribution in [2.75, 3.05) is 17.4 Å². The number of rotatable bonds is 6. The third kappa shape index (κ3) is 3.53. The largest absolute Gasteiger partial charge is 0.179 e. The van der Waals surface area contributed by atoms with Crippen molar-refractivity contribution in [1.82, 2.24) is 0 Å². The van der Waals surface area contributed by atoms with E-state index in [2.05, 4.69) is 48.7 Å². The van der Waals surface area contributed by atoms with Gasteiger partial charge in [-0.15, -0.1) is 4.31 Å². The van der Waals surface area contributed by atoms with Crippen LogP contribution in [0.2, 0.25) is 0 Å². The molecule has 1 heterocycles. The van der Waals surface area contributed by atoms with Gasteiger partial charge in [-0.2, -0.15) is 0 Å². The van der Waals surface area contributed by atoms with Gasteiger partial charge in [0.1, 0.15) is 0 Å². The van der Waals surface area contributed by atoms with Gasteiger partial charge < -0.3 is 0 Å². The Labute approximate surface area is 127 Å². The van der Waals surface area contributed by atoms with Crippen LogP contribution in [0.15, 0.2) is 23.6 Å². The van der Waals surface area contributed by atoms with E-state index in [0.29, 0.717) is 0 Å². The summed E-state index contributed by atoms with van der Waals surface area (Å²) in [5, 5.41) is 2.48. The zero-order valence-corrected chi connectivity index (χ0v) is 14.2. The minimum atomic E-state index is 0.245. The molecule has 1 aromatic heterocycles. The van der Waals surface area contributed by atoms with Gasteiger partial charge in [0.25, 0.3) is 0 Å². The van der Waals surface area contributed by atoms with Gasteiger partial charge in [0, 0.05) is 31.1 Å². The van der Waals surface area contributed by atoms with Gasteiger partial charge in [0.2, 0.25) is 0 Å². The van der Waals surface area contributed by atoms with Crippen LogP contribution in [0.1, 0.15) is 69.2 Å². The van der Waals surface area contributed by atoms with Gasteiger partial charge in [-0.3, -0.25) is 0 Å². The summed E-state index contributed by atoms with van der Waals surface area (Å²) in [5.41, 5.74) is 1.69. The van der Waals surface area contributed by atoms with Crippen LogP contribution < -0.4 is 4.31 Å². The monoisotopic (exact) mass is 292 g/mol. The van der Waals surface area contributed by atoms with E-state index in [4.69, 9.17) is 0 Å². The lowest BCUT2D eigenvalue weighted by Gasteiger charge is -2.21. The zero-order chi connectivity index (χ0) is 14.4. The van der Waals surface area contributed by atoms with E-state index in [9.17, 15) is 0 Å². The molecule has 1 aliphatic rings. The highest BCUT2D eigenvalue weighted by Crippen LogP contribution is 2.41. The molecule has 2 heteroatoms. The van der Waals surface area contributed by atoms with E-state index < -0.39 is 0 Å². The van der Waals surface area contributed by atoms with Gasteiger partial charge in [-0.05, 0) is 39.5 Å². The highest BCUT2D eigenvalue weighted by atomic mass is 32.2. The maximum absolute atomic E-state index is 2.62. The minimum absolute atomic E-state index is 0.245. The van der Waals surface area contributed by atoms with Crippen molar-refractivity contribution >= 4 is 10.7 Å². The van der Waals surface area contributed by atoms with Gasteiger partial charge in [-0.25, -0.2) is 0 Å². The summed E-state index contributed by atoms with van der Waals surface area (Å²) in [6.45, 7) is 9.02. The predicted octanol–water partition coefficient (Wildman–Crippen LogP) is 5.58. The second-order valence-electron chi connectivity index (χ2n) is 5.72. The molecule has 0 radical (unpaired) electrons. The summed E-state index contributed by atoms with van der Waals surface area (Å²) in [6, 6.07) is 2.47. The Hall–Kier alpha value is -0.600. The van der Waals surface area contributed by atoms with Crippen molar-refractivity contribution in [3.63, 3.8) is 0 Å². The molecule has 1 unspecified atom stereocenters. The quantitative estimate of drug-likeness (QED) is 0.488. The Morgan fingerprint density at radius 2 is 1.90 bits per heavy atom. The summed E-state index contributed by atoms with van der Waals surface area (Å²) in [5.74, 6) is 0.841. The SMILES string of the molecule is CC=CCc1c(C2CCCCC2)cc[s+]1N(CC)CC. The summed E-state index contributed by atoms with van der Waals surface area (Å²) in [6.07, 6.45) is 12.8. The van der Waals surface area contributed by atoms with Crippen LogP contribution in [-0.4, -0.2) is 13.1 Å². The molecule has 0 aliphatic heterocycles. The summed E-state index contributed by atoms with van der Waals surface area (Å²) in [4.78, 5) is 1.71. The molecular weight excluding hydrogens is 262 g/mol. The fourth-order valence-electron chi connectivity index (χ4n) is 3.38. The lowest BCUT2D eigenvalue weighted by molar-refractivity contribution is 0.443. The van der Waals surface area contributed by atoms with E-state index >= 15 is 0 Å². The highest BCUT2D eigenvalue weighted by Gasteiger charge is 2.28. The second-order valence-corrected chi connectivity index (χ2v) is 7.63. The minimum Gasteiger partial charge on any atom is -0.106 e. The van der Waals surface area contributed by atoms with Crippen LogP contribution in [0.3, 0.4) is 0 Å². The van der Waals surface area contributed by atoms with E-state index in [-0.39, 0.29) is 10.7 Å². The molecule has 1 aromatic rings. The standard InChI is InChI=1S/C18H30NS/c1-4-7-13-18-17(16-11-9-8-10-12-16)14-15-20(18)19(5-2)6-3/h4,7,14-16H,5-6,8-13H2,1-3H3/q+1. The molecule has 2 rings (SSSR count). The van der Waals surface area contributed by atoms with Crippen molar-refractivity contribution in [2.24, 2.45) is 0 Å². The molecule has 0 aromatic carbocycles. The average Bonchev–Trinajstić information content (AvgIpc) is 2.91. The molecule has 20 heavy (non-hydrogen) atoms. The molecule has 0 spiro atoms. The summed E-state index contributed by atoms with van der Waals surface area (Å²) < 4.78 is 2.62. The number of thiophene rings is 1. The van der Waals surface area contributed by atoms with Crippen LogP contribution >= 0.6 is 10.7 Å². The first-order chi connectivity index (χ1) is 9.81. The van der Waals surface area contributed by atoms with E-state index in [1.54, 1.807) is 10.4 Å². The third-order valence-corrected chi connectivity index (χ3v) is 6.89. The highest BCUT2D eigenvalue weighted by molar-refractivity contribution is 7.32. The lowest BCUT2D eigenvalue weighted by atomic mass is 9.84. The summed E-state index contributed by atoms with van der Waals surface area (Å²) in [7, 11) is 0.245. The average molecular weight is 293 g/mol. The van der Waals surface area contributed by atoms with Crippen molar-refractivity contribution in [3.05, 3.63) is 34.0 Å². The Bertz CT molecular complexity index is 423. The molecule has 1 aliphatic carbocycles. The van der Waals surface area contributed by atoms with Crippen LogP contribution in [0.25, 0.3) is 0 Å². The zero-order valence-electron chi connectivity index (χ0n) is 13.4. The molecule has 1 atom stereocenters. The number of nitrogens with zero attached hydrogens (tertiary/aromatic N) is 1. The first kappa shape index (κ1) is 15.8. The van der Waals surface area contributed by atoms with Crippen LogP contribution in [0.5, 0.6) is 0 Å². The number of allylic oxidation sites excluding steroid dienone is 2. The van der Waals surface area contributed by atoms with E-state index in [0.717, 1.165) is 25.4 Å². The molecule has 0 N–H and O–H groups in total. The molecular formula is C18H30NS+. The van der Waals surface area contributed by atoms with Gasteiger partial charge >= 0.3 is 0 Å². The molecule has 112 valence electrons. The van der Waals surface area contributed by atoms with Crippen LogP contribution in [0, 0.1) is 0 Å². The van der Waals surface area contributed by atoms with Gasteiger partial charge in [0.15, 0.2) is 10.3 Å². The van der Waals surface area contributed by atoms with Gasteiger partial charge in [0.05, 0.1) is 10.7 Å². The molecule has 0 bridgehead atoms. The first-order valence-electron chi connectivity index (χ1n) is 8.32. The Kier molecular flexibility index (Phi) is 6.31. The maximum atomic E-state index is 2.62. The predicted molar refractivity (Wildman–Crippen MR) is 92.6 cm³/mol. The maximum Gasteiger partial charge on any atom is 0.179 e.